The smallest absolute Gasteiger partial charge is 0.257 e. The molecular formula is C22H24N4O2S. The first kappa shape index (κ1) is 20.7. The topological polar surface area (TPSA) is 84.0 Å². The van der Waals surface area contributed by atoms with E-state index in [0.717, 1.165) is 23.4 Å². The number of benzene rings is 2. The van der Waals surface area contributed by atoms with Crippen LogP contribution < -0.4 is 10.6 Å². The van der Waals surface area contributed by atoms with Crippen molar-refractivity contribution >= 4 is 34.0 Å². The molecule has 0 fully saturated rings. The zero-order valence-electron chi connectivity index (χ0n) is 16.5. The fourth-order valence-corrected chi connectivity index (χ4v) is 3.69. The van der Waals surface area contributed by atoms with Gasteiger partial charge in [0.05, 0.1) is 0 Å². The predicted molar refractivity (Wildman–Crippen MR) is 116 cm³/mol. The van der Waals surface area contributed by atoms with Gasteiger partial charge in [0.1, 0.15) is 5.01 Å². The maximum absolute atomic E-state index is 12.5. The van der Waals surface area contributed by atoms with Crippen LogP contribution in [0.1, 0.15) is 47.6 Å². The van der Waals surface area contributed by atoms with Crippen LogP contribution in [0.2, 0.25) is 0 Å². The van der Waals surface area contributed by atoms with Crippen LogP contribution in [0.15, 0.2) is 54.6 Å². The largest absolute Gasteiger partial charge is 0.326 e. The molecule has 0 bridgehead atoms. The number of rotatable bonds is 8. The van der Waals surface area contributed by atoms with E-state index in [9.17, 15) is 9.59 Å². The third kappa shape index (κ3) is 5.71. The van der Waals surface area contributed by atoms with Gasteiger partial charge >= 0.3 is 0 Å². The van der Waals surface area contributed by atoms with Crippen molar-refractivity contribution in [3.8, 4) is 0 Å². The van der Waals surface area contributed by atoms with E-state index in [-0.39, 0.29) is 17.7 Å². The minimum absolute atomic E-state index is 0.000426. The summed E-state index contributed by atoms with van der Waals surface area (Å²) in [5.74, 6) is -0.252. The molecule has 0 spiro atoms. The van der Waals surface area contributed by atoms with Crippen LogP contribution in [0.25, 0.3) is 0 Å². The Morgan fingerprint density at radius 3 is 2.28 bits per heavy atom. The van der Waals surface area contributed by atoms with Gasteiger partial charge in [-0.2, -0.15) is 0 Å². The maximum atomic E-state index is 12.5. The van der Waals surface area contributed by atoms with Crippen LogP contribution in [0, 0.1) is 5.92 Å². The minimum Gasteiger partial charge on any atom is -0.326 e. The maximum Gasteiger partial charge on any atom is 0.257 e. The number of hydrogen-bond acceptors (Lipinski definition) is 5. The van der Waals surface area contributed by atoms with Gasteiger partial charge in [-0.05, 0) is 42.7 Å². The van der Waals surface area contributed by atoms with Crippen molar-refractivity contribution in [2.24, 2.45) is 5.92 Å². The lowest BCUT2D eigenvalue weighted by Crippen LogP contribution is -2.21. The van der Waals surface area contributed by atoms with Gasteiger partial charge in [0, 0.05) is 23.6 Å². The fourth-order valence-electron chi connectivity index (χ4n) is 2.92. The standard InChI is InChI=1S/C22H24N4O2S/c1-3-16(4-2)20(27)23-18-12-10-17(11-13-18)21(28)24-22-26-25-19(29-22)14-15-8-6-5-7-9-15/h5-13,16H,3-4,14H2,1-2H3,(H,23,27)(H,24,26,28). The second-order valence-corrected chi connectivity index (χ2v) is 7.76. The number of nitrogens with one attached hydrogen (secondary N) is 2. The van der Waals surface area contributed by atoms with E-state index in [1.165, 1.54) is 11.3 Å². The third-order valence-corrected chi connectivity index (χ3v) is 5.50. The average Bonchev–Trinajstić information content (AvgIpc) is 3.17. The molecule has 0 atom stereocenters. The number of anilines is 2. The highest BCUT2D eigenvalue weighted by Crippen LogP contribution is 2.20. The number of carbonyl (C=O) groups is 2. The highest BCUT2D eigenvalue weighted by molar-refractivity contribution is 7.15. The summed E-state index contributed by atoms with van der Waals surface area (Å²) in [7, 11) is 0. The Balaban J connectivity index is 1.58. The SMILES string of the molecule is CCC(CC)C(=O)Nc1ccc(C(=O)Nc2nnc(Cc3ccccc3)s2)cc1. The lowest BCUT2D eigenvalue weighted by molar-refractivity contribution is -0.120. The summed E-state index contributed by atoms with van der Waals surface area (Å²) in [5.41, 5.74) is 2.32. The Hall–Kier alpha value is -3.06. The quantitative estimate of drug-likeness (QED) is 0.563. The first-order valence-corrected chi connectivity index (χ1v) is 10.5. The zero-order chi connectivity index (χ0) is 20.6. The molecule has 2 aromatic carbocycles. The van der Waals surface area contributed by atoms with Crippen molar-refractivity contribution in [2.45, 2.75) is 33.1 Å². The first-order chi connectivity index (χ1) is 14.1. The van der Waals surface area contributed by atoms with Crippen molar-refractivity contribution in [2.75, 3.05) is 10.6 Å². The van der Waals surface area contributed by atoms with Gasteiger partial charge in [0.2, 0.25) is 11.0 Å². The van der Waals surface area contributed by atoms with E-state index in [4.69, 9.17) is 0 Å². The van der Waals surface area contributed by atoms with Gasteiger partial charge in [0.15, 0.2) is 0 Å². The Bertz CT molecular complexity index is 950. The summed E-state index contributed by atoms with van der Waals surface area (Å²) in [4.78, 5) is 24.6. The van der Waals surface area contributed by atoms with E-state index < -0.39 is 0 Å². The molecule has 0 saturated heterocycles. The van der Waals surface area contributed by atoms with Gasteiger partial charge in [-0.3, -0.25) is 14.9 Å². The van der Waals surface area contributed by atoms with Crippen LogP contribution in [-0.4, -0.2) is 22.0 Å². The summed E-state index contributed by atoms with van der Waals surface area (Å²) in [5, 5.41) is 15.2. The highest BCUT2D eigenvalue weighted by Gasteiger charge is 2.15. The van der Waals surface area contributed by atoms with E-state index in [1.54, 1.807) is 24.3 Å². The van der Waals surface area contributed by atoms with Crippen LogP contribution in [0.5, 0.6) is 0 Å². The Morgan fingerprint density at radius 1 is 0.931 bits per heavy atom. The van der Waals surface area contributed by atoms with E-state index in [2.05, 4.69) is 20.8 Å². The molecule has 3 rings (SSSR count). The van der Waals surface area contributed by atoms with E-state index >= 15 is 0 Å². The normalized spacial score (nSPS) is 10.7. The van der Waals surface area contributed by atoms with Crippen molar-refractivity contribution in [1.82, 2.24) is 10.2 Å². The molecule has 6 nitrogen and oxygen atoms in total. The number of carbonyl (C=O) groups excluding carboxylic acids is 2. The molecule has 2 N–H and O–H groups in total. The van der Waals surface area contributed by atoms with E-state index in [1.807, 2.05) is 44.2 Å². The molecule has 1 heterocycles. The third-order valence-electron chi connectivity index (χ3n) is 4.66. The summed E-state index contributed by atoms with van der Waals surface area (Å²) >= 11 is 1.36. The molecule has 2 amide bonds. The Morgan fingerprint density at radius 2 is 1.62 bits per heavy atom. The van der Waals surface area contributed by atoms with Gasteiger partial charge in [-0.15, -0.1) is 10.2 Å². The molecule has 3 aromatic rings. The van der Waals surface area contributed by atoms with Crippen molar-refractivity contribution < 1.29 is 9.59 Å². The summed E-state index contributed by atoms with van der Waals surface area (Å²) in [6.45, 7) is 4.00. The predicted octanol–water partition coefficient (Wildman–Crippen LogP) is 4.76. The molecule has 29 heavy (non-hydrogen) atoms. The van der Waals surface area contributed by atoms with E-state index in [0.29, 0.717) is 22.8 Å². The molecule has 1 aromatic heterocycles. The van der Waals surface area contributed by atoms with Crippen LogP contribution >= 0.6 is 11.3 Å². The van der Waals surface area contributed by atoms with Gasteiger partial charge in [-0.25, -0.2) is 0 Å². The van der Waals surface area contributed by atoms with Gasteiger partial charge < -0.3 is 5.32 Å². The molecule has 0 saturated carbocycles. The molecular weight excluding hydrogens is 384 g/mol. The first-order valence-electron chi connectivity index (χ1n) is 9.67. The monoisotopic (exact) mass is 408 g/mol. The van der Waals surface area contributed by atoms with Gasteiger partial charge in [0.25, 0.3) is 5.91 Å². The number of amides is 2. The summed E-state index contributed by atoms with van der Waals surface area (Å²) in [6, 6.07) is 16.8. The average molecular weight is 409 g/mol. The number of aromatic nitrogens is 2. The van der Waals surface area contributed by atoms with Crippen LogP contribution in [0.3, 0.4) is 0 Å². The molecule has 0 aliphatic rings. The summed E-state index contributed by atoms with van der Waals surface area (Å²) in [6.07, 6.45) is 2.28. The molecule has 0 radical (unpaired) electrons. The lowest BCUT2D eigenvalue weighted by atomic mass is 10.0. The molecule has 0 unspecified atom stereocenters. The highest BCUT2D eigenvalue weighted by atomic mass is 32.1. The Labute approximate surface area is 174 Å². The van der Waals surface area contributed by atoms with Crippen molar-refractivity contribution in [1.29, 1.82) is 0 Å². The Kier molecular flexibility index (Phi) is 7.08. The van der Waals surface area contributed by atoms with Crippen molar-refractivity contribution in [3.63, 3.8) is 0 Å². The summed E-state index contributed by atoms with van der Waals surface area (Å²) < 4.78 is 0. The molecule has 0 aliphatic carbocycles. The number of nitrogens with zero attached hydrogens (tertiary/aromatic N) is 2. The second kappa shape index (κ2) is 9.93. The fraction of sp³-hybridized carbons (Fsp3) is 0.273. The van der Waals surface area contributed by atoms with Crippen LogP contribution in [0.4, 0.5) is 10.8 Å². The molecule has 0 aliphatic heterocycles. The zero-order valence-corrected chi connectivity index (χ0v) is 17.3. The minimum atomic E-state index is -0.259. The second-order valence-electron chi connectivity index (χ2n) is 6.70. The van der Waals surface area contributed by atoms with Crippen LogP contribution in [-0.2, 0) is 11.2 Å². The molecule has 7 heteroatoms. The van der Waals surface area contributed by atoms with Crippen molar-refractivity contribution in [3.05, 3.63) is 70.7 Å². The lowest BCUT2D eigenvalue weighted by Gasteiger charge is -2.12. The number of hydrogen-bond donors (Lipinski definition) is 2. The molecule has 150 valence electrons. The van der Waals surface area contributed by atoms with Gasteiger partial charge in [-0.1, -0.05) is 55.5 Å².